The highest BCUT2D eigenvalue weighted by Crippen LogP contribution is 2.31. The highest BCUT2D eigenvalue weighted by atomic mass is 35.5. The number of para-hydroxylation sites is 1. The zero-order chi connectivity index (χ0) is 21.5. The van der Waals surface area contributed by atoms with Crippen LogP contribution < -0.4 is 4.74 Å². The Morgan fingerprint density at radius 3 is 2.19 bits per heavy atom. The second-order valence-electron chi connectivity index (χ2n) is 7.95. The summed E-state index contributed by atoms with van der Waals surface area (Å²) in [5, 5.41) is 0.650. The van der Waals surface area contributed by atoms with Crippen molar-refractivity contribution < 1.29 is 9.13 Å². The molecule has 4 rings (SSSR count). The van der Waals surface area contributed by atoms with Crippen LogP contribution in [0.25, 0.3) is 0 Å². The molecule has 0 amide bonds. The van der Waals surface area contributed by atoms with Crippen LogP contribution in [0, 0.1) is 5.82 Å². The lowest BCUT2D eigenvalue weighted by atomic mass is 10.1. The molecule has 1 atom stereocenters. The standard InChI is InChI=1S/C26H28ClFN2O/c27-23-11-5-4-10-22(23)25(31-26-13-7-6-12-24(26)28)14-15-29-16-18-30(19-17-29)20-21-8-2-1-3-9-21/h1-13,25H,14-20H2/t25-/m0/s1. The summed E-state index contributed by atoms with van der Waals surface area (Å²) < 4.78 is 20.3. The Labute approximate surface area is 189 Å². The summed E-state index contributed by atoms with van der Waals surface area (Å²) in [6, 6.07) is 24.8. The maximum absolute atomic E-state index is 14.2. The Hall–Kier alpha value is -2.40. The fourth-order valence-electron chi connectivity index (χ4n) is 4.02. The number of benzene rings is 3. The predicted molar refractivity (Wildman–Crippen MR) is 124 cm³/mol. The zero-order valence-electron chi connectivity index (χ0n) is 17.6. The summed E-state index contributed by atoms with van der Waals surface area (Å²) in [5.74, 6) is -0.0887. The van der Waals surface area contributed by atoms with Crippen LogP contribution in [0.15, 0.2) is 78.9 Å². The first kappa shape index (κ1) is 21.8. The van der Waals surface area contributed by atoms with E-state index in [0.717, 1.165) is 51.3 Å². The molecule has 162 valence electrons. The molecular weight excluding hydrogens is 411 g/mol. The third kappa shape index (κ3) is 6.07. The molecule has 3 aromatic carbocycles. The number of halogens is 2. The summed E-state index contributed by atoms with van der Waals surface area (Å²) >= 11 is 6.45. The third-order valence-corrected chi connectivity index (χ3v) is 6.12. The molecule has 0 spiro atoms. The molecule has 0 bridgehead atoms. The van der Waals surface area contributed by atoms with E-state index in [4.69, 9.17) is 16.3 Å². The Balaban J connectivity index is 1.36. The van der Waals surface area contributed by atoms with E-state index < -0.39 is 0 Å². The monoisotopic (exact) mass is 438 g/mol. The molecule has 0 saturated carbocycles. The molecule has 1 heterocycles. The number of nitrogens with zero attached hydrogens (tertiary/aromatic N) is 2. The Morgan fingerprint density at radius 1 is 0.806 bits per heavy atom. The van der Waals surface area contributed by atoms with Crippen molar-refractivity contribution in [1.29, 1.82) is 0 Å². The zero-order valence-corrected chi connectivity index (χ0v) is 18.3. The molecule has 1 aliphatic rings. The third-order valence-electron chi connectivity index (χ3n) is 5.78. The number of rotatable bonds is 8. The van der Waals surface area contributed by atoms with Crippen LogP contribution in [0.1, 0.15) is 23.7 Å². The minimum absolute atomic E-state index is 0.264. The van der Waals surface area contributed by atoms with Crippen LogP contribution in [0.3, 0.4) is 0 Å². The van der Waals surface area contributed by atoms with Gasteiger partial charge in [-0.3, -0.25) is 4.90 Å². The van der Waals surface area contributed by atoms with Gasteiger partial charge >= 0.3 is 0 Å². The average Bonchev–Trinajstić information content (AvgIpc) is 2.80. The summed E-state index contributed by atoms with van der Waals surface area (Å²) in [6.07, 6.45) is 0.449. The van der Waals surface area contributed by atoms with Gasteiger partial charge in [-0.25, -0.2) is 4.39 Å². The van der Waals surface area contributed by atoms with E-state index in [0.29, 0.717) is 5.02 Å². The highest BCUT2D eigenvalue weighted by molar-refractivity contribution is 6.31. The van der Waals surface area contributed by atoms with Crippen LogP contribution in [0.4, 0.5) is 4.39 Å². The van der Waals surface area contributed by atoms with E-state index in [-0.39, 0.29) is 17.7 Å². The van der Waals surface area contributed by atoms with Crippen LogP contribution >= 0.6 is 11.6 Å². The van der Waals surface area contributed by atoms with Gasteiger partial charge in [0.1, 0.15) is 6.10 Å². The van der Waals surface area contributed by atoms with Crippen LogP contribution in [0.5, 0.6) is 5.75 Å². The molecule has 0 N–H and O–H groups in total. The molecule has 1 fully saturated rings. The first-order valence-corrected chi connectivity index (χ1v) is 11.2. The predicted octanol–water partition coefficient (Wildman–Crippen LogP) is 5.81. The smallest absolute Gasteiger partial charge is 0.165 e. The van der Waals surface area contributed by atoms with Crippen LogP contribution in [-0.4, -0.2) is 42.5 Å². The van der Waals surface area contributed by atoms with Crippen molar-refractivity contribution in [2.75, 3.05) is 32.7 Å². The van der Waals surface area contributed by atoms with Crippen molar-refractivity contribution in [2.45, 2.75) is 19.1 Å². The second kappa shape index (κ2) is 10.8. The molecule has 0 radical (unpaired) electrons. The lowest BCUT2D eigenvalue weighted by molar-refractivity contribution is 0.105. The van der Waals surface area contributed by atoms with Crippen LogP contribution in [0.2, 0.25) is 5.02 Å². The Kier molecular flexibility index (Phi) is 7.57. The van der Waals surface area contributed by atoms with Gasteiger partial charge < -0.3 is 9.64 Å². The maximum atomic E-state index is 14.2. The van der Waals surface area contributed by atoms with Crippen molar-refractivity contribution in [2.24, 2.45) is 0 Å². The maximum Gasteiger partial charge on any atom is 0.165 e. The Bertz CT molecular complexity index is 960. The van der Waals surface area contributed by atoms with E-state index in [1.807, 2.05) is 24.3 Å². The molecule has 31 heavy (non-hydrogen) atoms. The number of hydrogen-bond donors (Lipinski definition) is 0. The van der Waals surface area contributed by atoms with E-state index in [2.05, 4.69) is 40.1 Å². The number of piperazine rings is 1. The van der Waals surface area contributed by atoms with Gasteiger partial charge in [-0.05, 0) is 23.8 Å². The lowest BCUT2D eigenvalue weighted by Gasteiger charge is -2.35. The first-order chi connectivity index (χ1) is 15.2. The molecule has 3 aromatic rings. The quantitative estimate of drug-likeness (QED) is 0.441. The number of hydrogen-bond acceptors (Lipinski definition) is 3. The van der Waals surface area contributed by atoms with Crippen molar-refractivity contribution in [3.8, 4) is 5.75 Å². The van der Waals surface area contributed by atoms with Gasteiger partial charge in [-0.2, -0.15) is 0 Å². The molecule has 0 aromatic heterocycles. The van der Waals surface area contributed by atoms with E-state index in [1.165, 1.54) is 11.6 Å². The topological polar surface area (TPSA) is 15.7 Å². The molecule has 0 unspecified atom stereocenters. The molecular formula is C26H28ClFN2O. The normalized spacial score (nSPS) is 16.2. The van der Waals surface area contributed by atoms with Gasteiger partial charge in [0.2, 0.25) is 0 Å². The van der Waals surface area contributed by atoms with Gasteiger partial charge in [0.15, 0.2) is 11.6 Å². The summed E-state index contributed by atoms with van der Waals surface area (Å²) in [5.41, 5.74) is 2.25. The Morgan fingerprint density at radius 2 is 1.45 bits per heavy atom. The van der Waals surface area contributed by atoms with E-state index in [1.54, 1.807) is 18.2 Å². The SMILES string of the molecule is Fc1ccccc1O[C@@H](CCN1CCN(Cc2ccccc2)CC1)c1ccccc1Cl. The molecule has 1 saturated heterocycles. The van der Waals surface area contributed by atoms with Crippen molar-refractivity contribution in [3.05, 3.63) is 101 Å². The van der Waals surface area contributed by atoms with Crippen molar-refractivity contribution in [3.63, 3.8) is 0 Å². The van der Waals surface area contributed by atoms with E-state index in [9.17, 15) is 4.39 Å². The fraction of sp³-hybridized carbons (Fsp3) is 0.308. The minimum Gasteiger partial charge on any atom is -0.483 e. The molecule has 5 heteroatoms. The van der Waals surface area contributed by atoms with Gasteiger partial charge in [0.05, 0.1) is 0 Å². The van der Waals surface area contributed by atoms with Crippen LogP contribution in [-0.2, 0) is 6.54 Å². The summed E-state index contributed by atoms with van der Waals surface area (Å²) in [4.78, 5) is 4.95. The molecule has 0 aliphatic carbocycles. The average molecular weight is 439 g/mol. The second-order valence-corrected chi connectivity index (χ2v) is 8.36. The van der Waals surface area contributed by atoms with Crippen molar-refractivity contribution >= 4 is 11.6 Å². The molecule has 3 nitrogen and oxygen atoms in total. The van der Waals surface area contributed by atoms with Gasteiger partial charge in [0.25, 0.3) is 0 Å². The van der Waals surface area contributed by atoms with Gasteiger partial charge in [-0.1, -0.05) is 72.3 Å². The first-order valence-electron chi connectivity index (χ1n) is 10.8. The summed E-state index contributed by atoms with van der Waals surface area (Å²) in [7, 11) is 0. The van der Waals surface area contributed by atoms with Crippen molar-refractivity contribution in [1.82, 2.24) is 9.80 Å². The summed E-state index contributed by atoms with van der Waals surface area (Å²) in [6.45, 7) is 5.99. The highest BCUT2D eigenvalue weighted by Gasteiger charge is 2.22. The molecule has 1 aliphatic heterocycles. The fourth-order valence-corrected chi connectivity index (χ4v) is 4.28. The lowest BCUT2D eigenvalue weighted by Crippen LogP contribution is -2.46. The largest absolute Gasteiger partial charge is 0.483 e. The van der Waals surface area contributed by atoms with Gasteiger partial charge in [-0.15, -0.1) is 0 Å². The van der Waals surface area contributed by atoms with Gasteiger partial charge in [0, 0.05) is 56.3 Å². The number of ether oxygens (including phenoxy) is 1. The minimum atomic E-state index is -0.353. The van der Waals surface area contributed by atoms with E-state index >= 15 is 0 Å².